The van der Waals surface area contributed by atoms with Crippen molar-refractivity contribution in [2.24, 2.45) is 0 Å². The lowest BCUT2D eigenvalue weighted by Crippen LogP contribution is -2.42. The quantitative estimate of drug-likeness (QED) is 0.837. The van der Waals surface area contributed by atoms with Crippen LogP contribution in [0, 0.1) is 6.92 Å². The van der Waals surface area contributed by atoms with E-state index in [4.69, 9.17) is 0 Å². The van der Waals surface area contributed by atoms with Crippen LogP contribution >= 0.6 is 15.9 Å². The first-order valence-corrected chi connectivity index (χ1v) is 6.92. The molecule has 2 heterocycles. The number of halogens is 1. The third-order valence-electron chi connectivity index (χ3n) is 3.60. The summed E-state index contributed by atoms with van der Waals surface area (Å²) in [6.07, 6.45) is 2.45. The second-order valence-corrected chi connectivity index (χ2v) is 5.74. The van der Waals surface area contributed by atoms with Crippen LogP contribution in [0.4, 0.5) is 5.82 Å². The minimum Gasteiger partial charge on any atom is -0.357 e. The monoisotopic (exact) mass is 297 g/mol. The van der Waals surface area contributed by atoms with Crippen molar-refractivity contribution in [1.82, 2.24) is 9.88 Å². The summed E-state index contributed by atoms with van der Waals surface area (Å²) >= 11 is 3.49. The summed E-state index contributed by atoms with van der Waals surface area (Å²) in [5.74, 6) is 1.08. The lowest BCUT2D eigenvalue weighted by atomic mass is 10.0. The number of anilines is 1. The standard InChI is InChI=1S/C13H20BrN3/c1-10-12(14)4-5-13(15-10)17(3)11-6-8-16(2)9-7-11/h4-5,11H,6-9H2,1-3H3. The van der Waals surface area contributed by atoms with Gasteiger partial charge in [0, 0.05) is 17.6 Å². The number of hydrogen-bond donors (Lipinski definition) is 0. The van der Waals surface area contributed by atoms with Crippen LogP contribution in [0.15, 0.2) is 16.6 Å². The summed E-state index contributed by atoms with van der Waals surface area (Å²) in [6.45, 7) is 4.41. The Kier molecular flexibility index (Phi) is 4.05. The summed E-state index contributed by atoms with van der Waals surface area (Å²) < 4.78 is 1.08. The average Bonchev–Trinajstić information content (AvgIpc) is 2.33. The number of rotatable bonds is 2. The zero-order chi connectivity index (χ0) is 12.4. The van der Waals surface area contributed by atoms with Gasteiger partial charge in [-0.1, -0.05) is 0 Å². The van der Waals surface area contributed by atoms with Crippen molar-refractivity contribution in [3.05, 3.63) is 22.3 Å². The van der Waals surface area contributed by atoms with E-state index in [1.807, 2.05) is 6.92 Å². The highest BCUT2D eigenvalue weighted by atomic mass is 79.9. The Hall–Kier alpha value is -0.610. The van der Waals surface area contributed by atoms with Crippen molar-refractivity contribution in [2.75, 3.05) is 32.1 Å². The molecule has 1 saturated heterocycles. The van der Waals surface area contributed by atoms with Crippen molar-refractivity contribution in [2.45, 2.75) is 25.8 Å². The van der Waals surface area contributed by atoms with Gasteiger partial charge in [0.15, 0.2) is 0 Å². The molecule has 2 rings (SSSR count). The van der Waals surface area contributed by atoms with Crippen LogP contribution in [-0.2, 0) is 0 Å². The Labute approximate surface area is 112 Å². The molecule has 0 unspecified atom stereocenters. The Morgan fingerprint density at radius 3 is 2.59 bits per heavy atom. The summed E-state index contributed by atoms with van der Waals surface area (Å²) in [7, 11) is 4.35. The van der Waals surface area contributed by atoms with Crippen LogP contribution in [0.3, 0.4) is 0 Å². The van der Waals surface area contributed by atoms with Crippen molar-refractivity contribution >= 4 is 21.7 Å². The first kappa shape index (κ1) is 12.8. The van der Waals surface area contributed by atoms with Gasteiger partial charge in [-0.15, -0.1) is 0 Å². The SMILES string of the molecule is Cc1nc(N(C)C2CCN(C)CC2)ccc1Br. The summed E-state index contributed by atoms with van der Waals surface area (Å²) in [6, 6.07) is 4.80. The fraction of sp³-hybridized carbons (Fsp3) is 0.615. The van der Waals surface area contributed by atoms with Gasteiger partial charge in [0.25, 0.3) is 0 Å². The molecule has 0 bridgehead atoms. The molecule has 3 nitrogen and oxygen atoms in total. The molecule has 0 aromatic carbocycles. The smallest absolute Gasteiger partial charge is 0.128 e. The highest BCUT2D eigenvalue weighted by Gasteiger charge is 2.21. The predicted molar refractivity (Wildman–Crippen MR) is 75.6 cm³/mol. The molecule has 0 aliphatic carbocycles. The minimum absolute atomic E-state index is 0.624. The van der Waals surface area contributed by atoms with E-state index in [1.165, 1.54) is 25.9 Å². The van der Waals surface area contributed by atoms with Crippen molar-refractivity contribution in [1.29, 1.82) is 0 Å². The van der Waals surface area contributed by atoms with Gasteiger partial charge in [-0.05, 0) is 68.0 Å². The molecule has 1 aliphatic rings. The Morgan fingerprint density at radius 1 is 1.35 bits per heavy atom. The van der Waals surface area contributed by atoms with Crippen LogP contribution in [0.5, 0.6) is 0 Å². The van der Waals surface area contributed by atoms with Crippen LogP contribution in [-0.4, -0.2) is 43.1 Å². The third kappa shape index (κ3) is 2.99. The van der Waals surface area contributed by atoms with Crippen molar-refractivity contribution < 1.29 is 0 Å². The first-order chi connectivity index (χ1) is 8.08. The molecular formula is C13H20BrN3. The van der Waals surface area contributed by atoms with Crippen LogP contribution in [0.25, 0.3) is 0 Å². The largest absolute Gasteiger partial charge is 0.357 e. The molecular weight excluding hydrogens is 278 g/mol. The molecule has 94 valence electrons. The maximum atomic E-state index is 4.63. The highest BCUT2D eigenvalue weighted by Crippen LogP contribution is 2.23. The summed E-state index contributed by atoms with van der Waals surface area (Å²) in [5.41, 5.74) is 1.06. The lowest BCUT2D eigenvalue weighted by molar-refractivity contribution is 0.252. The first-order valence-electron chi connectivity index (χ1n) is 6.12. The van der Waals surface area contributed by atoms with Gasteiger partial charge in [0.1, 0.15) is 5.82 Å². The fourth-order valence-corrected chi connectivity index (χ4v) is 2.52. The van der Waals surface area contributed by atoms with Gasteiger partial charge in [-0.2, -0.15) is 0 Å². The van der Waals surface area contributed by atoms with E-state index < -0.39 is 0 Å². The third-order valence-corrected chi connectivity index (χ3v) is 4.44. The second-order valence-electron chi connectivity index (χ2n) is 4.88. The van der Waals surface area contributed by atoms with E-state index in [0.717, 1.165) is 16.0 Å². The van der Waals surface area contributed by atoms with Gasteiger partial charge in [-0.25, -0.2) is 4.98 Å². The van der Waals surface area contributed by atoms with Crippen LogP contribution in [0.2, 0.25) is 0 Å². The maximum absolute atomic E-state index is 4.63. The van der Waals surface area contributed by atoms with Crippen LogP contribution in [0.1, 0.15) is 18.5 Å². The van der Waals surface area contributed by atoms with Crippen molar-refractivity contribution in [3.8, 4) is 0 Å². The van der Waals surface area contributed by atoms with E-state index in [0.29, 0.717) is 6.04 Å². The van der Waals surface area contributed by atoms with E-state index in [9.17, 15) is 0 Å². The topological polar surface area (TPSA) is 19.4 Å². The zero-order valence-corrected chi connectivity index (χ0v) is 12.4. The van der Waals surface area contributed by atoms with Gasteiger partial charge in [0.2, 0.25) is 0 Å². The van der Waals surface area contributed by atoms with Crippen molar-refractivity contribution in [3.63, 3.8) is 0 Å². The van der Waals surface area contributed by atoms with Crippen LogP contribution < -0.4 is 4.90 Å². The molecule has 4 heteroatoms. The maximum Gasteiger partial charge on any atom is 0.128 e. The average molecular weight is 298 g/mol. The molecule has 17 heavy (non-hydrogen) atoms. The number of piperidine rings is 1. The number of aromatic nitrogens is 1. The molecule has 0 amide bonds. The molecule has 0 atom stereocenters. The molecule has 0 spiro atoms. The molecule has 1 aromatic heterocycles. The molecule has 0 N–H and O–H groups in total. The number of hydrogen-bond acceptors (Lipinski definition) is 3. The lowest BCUT2D eigenvalue weighted by Gasteiger charge is -2.35. The number of pyridine rings is 1. The van der Waals surface area contributed by atoms with E-state index in [-0.39, 0.29) is 0 Å². The molecule has 1 aromatic rings. The van der Waals surface area contributed by atoms with Gasteiger partial charge >= 0.3 is 0 Å². The summed E-state index contributed by atoms with van der Waals surface area (Å²) in [4.78, 5) is 9.35. The predicted octanol–water partition coefficient (Wildman–Crippen LogP) is 2.68. The van der Waals surface area contributed by atoms with E-state index in [2.05, 4.69) is 56.9 Å². The van der Waals surface area contributed by atoms with E-state index >= 15 is 0 Å². The molecule has 0 radical (unpaired) electrons. The summed E-state index contributed by atoms with van der Waals surface area (Å²) in [5, 5.41) is 0. The molecule has 1 aliphatic heterocycles. The highest BCUT2D eigenvalue weighted by molar-refractivity contribution is 9.10. The Morgan fingerprint density at radius 2 is 2.00 bits per heavy atom. The molecule has 1 fully saturated rings. The van der Waals surface area contributed by atoms with Gasteiger partial charge < -0.3 is 9.80 Å². The Balaban J connectivity index is 2.08. The zero-order valence-electron chi connectivity index (χ0n) is 10.8. The van der Waals surface area contributed by atoms with Gasteiger partial charge in [-0.3, -0.25) is 0 Å². The normalized spacial score (nSPS) is 18.4. The minimum atomic E-state index is 0.624. The number of nitrogens with zero attached hydrogens (tertiary/aromatic N) is 3. The van der Waals surface area contributed by atoms with Gasteiger partial charge in [0.05, 0.1) is 5.69 Å². The fourth-order valence-electron chi connectivity index (χ4n) is 2.30. The number of likely N-dealkylation sites (tertiary alicyclic amines) is 1. The Bertz CT molecular complexity index is 386. The van der Waals surface area contributed by atoms with E-state index in [1.54, 1.807) is 0 Å². The second kappa shape index (κ2) is 5.36. The molecule has 0 saturated carbocycles. The number of aryl methyl sites for hydroxylation is 1.